The molecule has 16 heavy (non-hydrogen) atoms. The molecule has 4 nitrogen and oxygen atoms in total. The van der Waals surface area contributed by atoms with E-state index >= 15 is 0 Å². The zero-order chi connectivity index (χ0) is 12.1. The maximum Gasteiger partial charge on any atom is 0.0105 e. The Labute approximate surface area is 101 Å². The predicted molar refractivity (Wildman–Crippen MR) is 71.6 cm³/mol. The third-order valence-corrected chi connectivity index (χ3v) is 2.65. The first-order valence-corrected chi connectivity index (χ1v) is 6.68. The summed E-state index contributed by atoms with van der Waals surface area (Å²) >= 11 is 0. The van der Waals surface area contributed by atoms with Gasteiger partial charge >= 0.3 is 0 Å². The first-order chi connectivity index (χ1) is 7.85. The van der Waals surface area contributed by atoms with Gasteiger partial charge in [-0.3, -0.25) is 0 Å². The maximum absolute atomic E-state index is 5.55. The molecule has 0 amide bonds. The molecule has 0 aromatic heterocycles. The van der Waals surface area contributed by atoms with Crippen LogP contribution in [0.25, 0.3) is 0 Å². The number of nitrogens with two attached hydrogens (primary N) is 2. The molecule has 0 radical (unpaired) electrons. The van der Waals surface area contributed by atoms with Crippen LogP contribution in [-0.2, 0) is 0 Å². The van der Waals surface area contributed by atoms with Crippen LogP contribution in [0.2, 0.25) is 0 Å². The van der Waals surface area contributed by atoms with Crippen LogP contribution in [0, 0.1) is 0 Å². The van der Waals surface area contributed by atoms with E-state index in [-0.39, 0.29) is 0 Å². The summed E-state index contributed by atoms with van der Waals surface area (Å²) in [5.74, 6) is 0. The molecule has 0 aliphatic heterocycles. The smallest absolute Gasteiger partial charge is 0.0105 e. The van der Waals surface area contributed by atoms with Crippen LogP contribution in [0.15, 0.2) is 0 Å². The molecule has 0 heterocycles. The average Bonchev–Trinajstić information content (AvgIpc) is 2.28. The van der Waals surface area contributed by atoms with E-state index in [9.17, 15) is 0 Å². The molecule has 0 saturated carbocycles. The standard InChI is InChI=1S/C12H30N4/c1-2-8-15-9-4-3-5-10-16(11-6-13)12-7-14/h15H,2-14H2,1H3. The molecule has 0 spiro atoms. The minimum Gasteiger partial charge on any atom is -0.329 e. The highest BCUT2D eigenvalue weighted by Crippen LogP contribution is 1.97. The fraction of sp³-hybridized carbons (Fsp3) is 1.00. The highest BCUT2D eigenvalue weighted by Gasteiger charge is 2.01. The van der Waals surface area contributed by atoms with Gasteiger partial charge in [0.25, 0.3) is 0 Å². The second-order valence-corrected chi connectivity index (χ2v) is 4.23. The van der Waals surface area contributed by atoms with Crippen LogP contribution in [0.1, 0.15) is 32.6 Å². The second kappa shape index (κ2) is 12.9. The first kappa shape index (κ1) is 15.8. The molecule has 0 atom stereocenters. The summed E-state index contributed by atoms with van der Waals surface area (Å²) in [6.07, 6.45) is 5.05. The van der Waals surface area contributed by atoms with Gasteiger partial charge in [-0.1, -0.05) is 13.3 Å². The van der Waals surface area contributed by atoms with Gasteiger partial charge in [0.1, 0.15) is 0 Å². The Balaban J connectivity index is 3.25. The summed E-state index contributed by atoms with van der Waals surface area (Å²) in [6, 6.07) is 0. The van der Waals surface area contributed by atoms with Gasteiger partial charge in [-0.05, 0) is 38.9 Å². The normalized spacial score (nSPS) is 11.2. The number of nitrogens with one attached hydrogen (secondary N) is 1. The molecule has 0 saturated heterocycles. The number of hydrogen-bond donors (Lipinski definition) is 3. The van der Waals surface area contributed by atoms with Crippen molar-refractivity contribution >= 4 is 0 Å². The van der Waals surface area contributed by atoms with Crippen LogP contribution in [0.5, 0.6) is 0 Å². The quantitative estimate of drug-likeness (QED) is 0.424. The van der Waals surface area contributed by atoms with Gasteiger partial charge in [-0.25, -0.2) is 0 Å². The SMILES string of the molecule is CCCNCCCCCN(CCN)CCN. The Morgan fingerprint density at radius 3 is 2.12 bits per heavy atom. The maximum atomic E-state index is 5.55. The van der Waals surface area contributed by atoms with Crippen LogP contribution < -0.4 is 16.8 Å². The van der Waals surface area contributed by atoms with E-state index < -0.39 is 0 Å². The van der Waals surface area contributed by atoms with Crippen molar-refractivity contribution in [3.8, 4) is 0 Å². The molecule has 0 aromatic rings. The highest BCUT2D eigenvalue weighted by molar-refractivity contribution is 4.59. The Morgan fingerprint density at radius 2 is 1.56 bits per heavy atom. The fourth-order valence-corrected chi connectivity index (χ4v) is 1.76. The van der Waals surface area contributed by atoms with Gasteiger partial charge in [0.2, 0.25) is 0 Å². The molecule has 5 N–H and O–H groups in total. The number of nitrogens with zero attached hydrogens (tertiary/aromatic N) is 1. The van der Waals surface area contributed by atoms with Gasteiger partial charge in [0.05, 0.1) is 0 Å². The Morgan fingerprint density at radius 1 is 0.875 bits per heavy atom. The summed E-state index contributed by atoms with van der Waals surface area (Å²) in [6.45, 7) is 9.06. The zero-order valence-electron chi connectivity index (χ0n) is 10.9. The molecular formula is C12H30N4. The van der Waals surface area contributed by atoms with Crippen molar-refractivity contribution in [3.63, 3.8) is 0 Å². The molecule has 0 aliphatic rings. The third kappa shape index (κ3) is 10.4. The second-order valence-electron chi connectivity index (χ2n) is 4.23. The monoisotopic (exact) mass is 230 g/mol. The van der Waals surface area contributed by atoms with Crippen molar-refractivity contribution in [2.24, 2.45) is 11.5 Å². The highest BCUT2D eigenvalue weighted by atomic mass is 15.1. The van der Waals surface area contributed by atoms with Crippen molar-refractivity contribution in [1.82, 2.24) is 10.2 Å². The molecule has 0 bridgehead atoms. The average molecular weight is 230 g/mol. The molecule has 0 unspecified atom stereocenters. The lowest BCUT2D eigenvalue weighted by Crippen LogP contribution is -2.34. The summed E-state index contributed by atoms with van der Waals surface area (Å²) < 4.78 is 0. The number of unbranched alkanes of at least 4 members (excludes halogenated alkanes) is 2. The van der Waals surface area contributed by atoms with E-state index in [0.717, 1.165) is 45.8 Å². The van der Waals surface area contributed by atoms with E-state index in [1.807, 2.05) is 0 Å². The fourth-order valence-electron chi connectivity index (χ4n) is 1.76. The largest absolute Gasteiger partial charge is 0.329 e. The van der Waals surface area contributed by atoms with E-state index in [0.29, 0.717) is 0 Å². The number of rotatable bonds is 12. The van der Waals surface area contributed by atoms with E-state index in [1.165, 1.54) is 25.7 Å². The first-order valence-electron chi connectivity index (χ1n) is 6.68. The van der Waals surface area contributed by atoms with Gasteiger partial charge < -0.3 is 21.7 Å². The van der Waals surface area contributed by atoms with Gasteiger partial charge in [0.15, 0.2) is 0 Å². The van der Waals surface area contributed by atoms with Crippen molar-refractivity contribution in [1.29, 1.82) is 0 Å². The van der Waals surface area contributed by atoms with Crippen molar-refractivity contribution in [3.05, 3.63) is 0 Å². The molecule has 4 heteroatoms. The van der Waals surface area contributed by atoms with Crippen molar-refractivity contribution in [2.45, 2.75) is 32.6 Å². The lowest BCUT2D eigenvalue weighted by Gasteiger charge is -2.20. The van der Waals surface area contributed by atoms with E-state index in [2.05, 4.69) is 17.1 Å². The summed E-state index contributed by atoms with van der Waals surface area (Å²) in [5, 5.41) is 3.42. The van der Waals surface area contributed by atoms with E-state index in [1.54, 1.807) is 0 Å². The summed E-state index contributed by atoms with van der Waals surface area (Å²) in [4.78, 5) is 2.36. The Kier molecular flexibility index (Phi) is 12.8. The lowest BCUT2D eigenvalue weighted by molar-refractivity contribution is 0.281. The third-order valence-electron chi connectivity index (χ3n) is 2.65. The van der Waals surface area contributed by atoms with Crippen LogP contribution in [0.3, 0.4) is 0 Å². The van der Waals surface area contributed by atoms with Crippen LogP contribution in [-0.4, -0.2) is 50.7 Å². The van der Waals surface area contributed by atoms with Gasteiger partial charge in [0, 0.05) is 26.2 Å². The zero-order valence-corrected chi connectivity index (χ0v) is 10.9. The van der Waals surface area contributed by atoms with Gasteiger partial charge in [-0.15, -0.1) is 0 Å². The van der Waals surface area contributed by atoms with Crippen LogP contribution >= 0.6 is 0 Å². The molecule has 0 rings (SSSR count). The topological polar surface area (TPSA) is 67.3 Å². The predicted octanol–water partition coefficient (Wildman–Crippen LogP) is 0.376. The van der Waals surface area contributed by atoms with Crippen LogP contribution in [0.4, 0.5) is 0 Å². The summed E-state index contributed by atoms with van der Waals surface area (Å²) in [5.41, 5.74) is 11.1. The van der Waals surface area contributed by atoms with Gasteiger partial charge in [-0.2, -0.15) is 0 Å². The van der Waals surface area contributed by atoms with Crippen molar-refractivity contribution < 1.29 is 0 Å². The minimum atomic E-state index is 0.734. The summed E-state index contributed by atoms with van der Waals surface area (Å²) in [7, 11) is 0. The molecule has 0 fully saturated rings. The minimum absolute atomic E-state index is 0.734. The number of hydrogen-bond acceptors (Lipinski definition) is 4. The molecule has 0 aliphatic carbocycles. The molecular weight excluding hydrogens is 200 g/mol. The lowest BCUT2D eigenvalue weighted by atomic mass is 10.2. The molecule has 98 valence electrons. The Bertz CT molecular complexity index is 124. The van der Waals surface area contributed by atoms with Crippen molar-refractivity contribution in [2.75, 3.05) is 45.8 Å². The molecule has 0 aromatic carbocycles. The van der Waals surface area contributed by atoms with E-state index in [4.69, 9.17) is 11.5 Å². The Hall–Kier alpha value is -0.160.